The standard InChI is InChI=1S/C25H22N4O5/c30-23(18-6-1-7-19(16-18)29(33)34)27-13-10-26(11-14-27)12-15-28-24(31)20-8-2-4-17-5-3-9-21(22(17)20)25(28)32/h1-9,16H,10-15H2. The Morgan fingerprint density at radius 3 is 2.09 bits per heavy atom. The molecule has 3 aromatic rings. The molecule has 2 aliphatic heterocycles. The van der Waals surface area contributed by atoms with Crippen LogP contribution in [-0.4, -0.2) is 76.6 Å². The summed E-state index contributed by atoms with van der Waals surface area (Å²) in [4.78, 5) is 54.4. The molecule has 0 N–H and O–H groups in total. The average molecular weight is 458 g/mol. The van der Waals surface area contributed by atoms with Gasteiger partial charge in [0, 0.05) is 73.5 Å². The molecule has 3 amide bonds. The molecule has 1 saturated heterocycles. The topological polar surface area (TPSA) is 104 Å². The molecule has 0 aromatic heterocycles. The summed E-state index contributed by atoms with van der Waals surface area (Å²) in [5, 5.41) is 12.6. The molecule has 5 rings (SSSR count). The van der Waals surface area contributed by atoms with Crippen molar-refractivity contribution in [3.05, 3.63) is 87.5 Å². The molecule has 0 bridgehead atoms. The van der Waals surface area contributed by atoms with Gasteiger partial charge in [-0.1, -0.05) is 30.3 Å². The van der Waals surface area contributed by atoms with Crippen LogP contribution >= 0.6 is 0 Å². The highest BCUT2D eigenvalue weighted by Crippen LogP contribution is 2.29. The first kappa shape index (κ1) is 21.7. The molecule has 9 heteroatoms. The lowest BCUT2D eigenvalue weighted by atomic mass is 9.94. The molecule has 1 fully saturated rings. The maximum atomic E-state index is 13.0. The molecule has 2 heterocycles. The van der Waals surface area contributed by atoms with Crippen molar-refractivity contribution < 1.29 is 19.3 Å². The number of piperazine rings is 1. The van der Waals surface area contributed by atoms with Crippen LogP contribution in [0.3, 0.4) is 0 Å². The fourth-order valence-corrected chi connectivity index (χ4v) is 4.63. The molecule has 9 nitrogen and oxygen atoms in total. The number of non-ortho nitro benzene ring substituents is 1. The van der Waals surface area contributed by atoms with Crippen LogP contribution in [-0.2, 0) is 0 Å². The summed E-state index contributed by atoms with van der Waals surface area (Å²) in [6.07, 6.45) is 0. The lowest BCUT2D eigenvalue weighted by Crippen LogP contribution is -2.51. The Bertz CT molecular complexity index is 1280. The van der Waals surface area contributed by atoms with Crippen molar-refractivity contribution in [1.82, 2.24) is 14.7 Å². The van der Waals surface area contributed by atoms with Crippen molar-refractivity contribution in [2.45, 2.75) is 0 Å². The first-order valence-electron chi connectivity index (χ1n) is 11.1. The summed E-state index contributed by atoms with van der Waals surface area (Å²) >= 11 is 0. The van der Waals surface area contributed by atoms with Gasteiger partial charge in [0.15, 0.2) is 0 Å². The van der Waals surface area contributed by atoms with Gasteiger partial charge in [0.25, 0.3) is 23.4 Å². The second-order valence-electron chi connectivity index (χ2n) is 8.41. The van der Waals surface area contributed by atoms with E-state index in [1.165, 1.54) is 23.1 Å². The molecule has 0 atom stereocenters. The number of hydrogen-bond acceptors (Lipinski definition) is 6. The van der Waals surface area contributed by atoms with Crippen LogP contribution in [0, 0.1) is 10.1 Å². The number of hydrogen-bond donors (Lipinski definition) is 0. The van der Waals surface area contributed by atoms with Gasteiger partial charge in [0.05, 0.1) is 4.92 Å². The fraction of sp³-hybridized carbons (Fsp3) is 0.240. The van der Waals surface area contributed by atoms with Crippen LogP contribution in [0.5, 0.6) is 0 Å². The summed E-state index contributed by atoms with van der Waals surface area (Å²) in [6.45, 7) is 2.87. The van der Waals surface area contributed by atoms with Gasteiger partial charge in [-0.3, -0.25) is 34.3 Å². The van der Waals surface area contributed by atoms with Crippen LogP contribution in [0.25, 0.3) is 10.8 Å². The summed E-state index contributed by atoms with van der Waals surface area (Å²) < 4.78 is 0. The molecule has 0 unspecified atom stereocenters. The lowest BCUT2D eigenvalue weighted by Gasteiger charge is -2.36. The van der Waals surface area contributed by atoms with Gasteiger partial charge in [0.1, 0.15) is 0 Å². The number of carbonyl (C=O) groups is 3. The number of benzene rings is 3. The Balaban J connectivity index is 1.21. The fourth-order valence-electron chi connectivity index (χ4n) is 4.63. The molecule has 0 spiro atoms. The molecular formula is C25H22N4O5. The Hall–Kier alpha value is -4.11. The zero-order valence-electron chi connectivity index (χ0n) is 18.3. The van der Waals surface area contributed by atoms with E-state index in [1.807, 2.05) is 24.3 Å². The van der Waals surface area contributed by atoms with Gasteiger partial charge in [-0.15, -0.1) is 0 Å². The van der Waals surface area contributed by atoms with Crippen LogP contribution in [0.4, 0.5) is 5.69 Å². The lowest BCUT2D eigenvalue weighted by molar-refractivity contribution is -0.384. The minimum atomic E-state index is -0.517. The van der Waals surface area contributed by atoms with Gasteiger partial charge >= 0.3 is 0 Å². The van der Waals surface area contributed by atoms with Gasteiger partial charge in [0.2, 0.25) is 0 Å². The summed E-state index contributed by atoms with van der Waals surface area (Å²) in [5.74, 6) is -0.808. The SMILES string of the molecule is O=C(c1cccc([N+](=O)[O-])c1)N1CCN(CCN2C(=O)c3cccc4cccc(c34)C2=O)CC1. The van der Waals surface area contributed by atoms with Gasteiger partial charge in [-0.2, -0.15) is 0 Å². The Morgan fingerprint density at radius 1 is 0.853 bits per heavy atom. The molecule has 3 aromatic carbocycles. The number of rotatable bonds is 5. The monoisotopic (exact) mass is 458 g/mol. The Labute approximate surface area is 195 Å². The van der Waals surface area contributed by atoms with E-state index in [9.17, 15) is 24.5 Å². The summed E-state index contributed by atoms with van der Waals surface area (Å²) in [5.41, 5.74) is 1.26. The van der Waals surface area contributed by atoms with E-state index < -0.39 is 4.92 Å². The number of nitro groups is 1. The summed E-state index contributed by atoms with van der Waals surface area (Å²) in [6, 6.07) is 16.7. The number of amides is 3. The second kappa shape index (κ2) is 8.68. The zero-order valence-corrected chi connectivity index (χ0v) is 18.3. The predicted molar refractivity (Wildman–Crippen MR) is 125 cm³/mol. The van der Waals surface area contributed by atoms with E-state index in [2.05, 4.69) is 4.90 Å². The van der Waals surface area contributed by atoms with E-state index in [1.54, 1.807) is 23.1 Å². The Kier molecular flexibility index (Phi) is 5.54. The van der Waals surface area contributed by atoms with Crippen molar-refractivity contribution in [3.8, 4) is 0 Å². The van der Waals surface area contributed by atoms with E-state index in [4.69, 9.17) is 0 Å². The first-order valence-corrected chi connectivity index (χ1v) is 11.1. The smallest absolute Gasteiger partial charge is 0.270 e. The normalized spacial score (nSPS) is 16.2. The third kappa shape index (κ3) is 3.80. The van der Waals surface area contributed by atoms with Crippen LogP contribution < -0.4 is 0 Å². The predicted octanol–water partition coefficient (Wildman–Crippen LogP) is 2.80. The molecular weight excluding hydrogens is 436 g/mol. The van der Waals surface area contributed by atoms with E-state index >= 15 is 0 Å². The number of imide groups is 1. The maximum absolute atomic E-state index is 13.0. The van der Waals surface area contributed by atoms with E-state index in [0.29, 0.717) is 54.8 Å². The van der Waals surface area contributed by atoms with E-state index in [-0.39, 0.29) is 30.0 Å². The number of nitro benzene ring substituents is 1. The van der Waals surface area contributed by atoms with Crippen molar-refractivity contribution >= 4 is 34.2 Å². The third-order valence-electron chi connectivity index (χ3n) is 6.46. The Morgan fingerprint density at radius 2 is 1.47 bits per heavy atom. The molecule has 2 aliphatic rings. The molecule has 0 aliphatic carbocycles. The second-order valence-corrected chi connectivity index (χ2v) is 8.41. The van der Waals surface area contributed by atoms with Crippen LogP contribution in [0.1, 0.15) is 31.1 Å². The minimum Gasteiger partial charge on any atom is -0.336 e. The van der Waals surface area contributed by atoms with E-state index in [0.717, 1.165) is 5.39 Å². The highest BCUT2D eigenvalue weighted by molar-refractivity contribution is 6.25. The van der Waals surface area contributed by atoms with Gasteiger partial charge in [-0.05, 0) is 23.6 Å². The maximum Gasteiger partial charge on any atom is 0.270 e. The highest BCUT2D eigenvalue weighted by Gasteiger charge is 2.33. The van der Waals surface area contributed by atoms with Crippen LogP contribution in [0.15, 0.2) is 60.7 Å². The third-order valence-corrected chi connectivity index (χ3v) is 6.46. The zero-order chi connectivity index (χ0) is 23.8. The average Bonchev–Trinajstić information content (AvgIpc) is 2.87. The van der Waals surface area contributed by atoms with Crippen molar-refractivity contribution in [3.63, 3.8) is 0 Å². The number of nitrogens with zero attached hydrogens (tertiary/aromatic N) is 4. The van der Waals surface area contributed by atoms with Gasteiger partial charge in [-0.25, -0.2) is 0 Å². The molecule has 172 valence electrons. The first-order chi connectivity index (χ1) is 16.4. The quantitative estimate of drug-likeness (QED) is 0.331. The largest absolute Gasteiger partial charge is 0.336 e. The van der Waals surface area contributed by atoms with Crippen LogP contribution in [0.2, 0.25) is 0 Å². The molecule has 0 saturated carbocycles. The molecule has 34 heavy (non-hydrogen) atoms. The van der Waals surface area contributed by atoms with Crippen molar-refractivity contribution in [1.29, 1.82) is 0 Å². The minimum absolute atomic E-state index is 0.113. The summed E-state index contributed by atoms with van der Waals surface area (Å²) in [7, 11) is 0. The molecule has 0 radical (unpaired) electrons. The van der Waals surface area contributed by atoms with Gasteiger partial charge < -0.3 is 4.90 Å². The highest BCUT2D eigenvalue weighted by atomic mass is 16.6. The van der Waals surface area contributed by atoms with Crippen molar-refractivity contribution in [2.24, 2.45) is 0 Å². The van der Waals surface area contributed by atoms with Crippen molar-refractivity contribution in [2.75, 3.05) is 39.3 Å². The number of carbonyl (C=O) groups excluding carboxylic acids is 3.